The number of piperidine rings is 1. The quantitative estimate of drug-likeness (QED) is 0.546. The van der Waals surface area contributed by atoms with Crippen LogP contribution in [0.15, 0.2) is 54.7 Å². The van der Waals surface area contributed by atoms with Crippen LogP contribution in [0, 0.1) is 0 Å². The van der Waals surface area contributed by atoms with Gasteiger partial charge in [0.15, 0.2) is 0 Å². The number of nitrogens with one attached hydrogen (secondary N) is 1. The van der Waals surface area contributed by atoms with Crippen LogP contribution in [0.3, 0.4) is 0 Å². The summed E-state index contributed by atoms with van der Waals surface area (Å²) in [6.45, 7) is 2.71. The highest BCUT2D eigenvalue weighted by atomic mass is 19.4. The average molecular weight is 445 g/mol. The highest BCUT2D eigenvalue weighted by Gasteiger charge is 2.31. The molecule has 1 aliphatic heterocycles. The number of alkyl halides is 3. The summed E-state index contributed by atoms with van der Waals surface area (Å²) in [6, 6.07) is 13.2. The molecule has 1 atom stereocenters. The Labute approximate surface area is 184 Å². The monoisotopic (exact) mass is 445 g/mol. The second-order valence-corrected chi connectivity index (χ2v) is 8.07. The molecule has 2 aromatic carbocycles. The van der Waals surface area contributed by atoms with Crippen LogP contribution in [-0.2, 0) is 12.7 Å². The Bertz CT molecular complexity index is 1040. The minimum absolute atomic E-state index is 0.0313. The van der Waals surface area contributed by atoms with E-state index < -0.39 is 11.7 Å². The Morgan fingerprint density at radius 2 is 2.00 bits per heavy atom. The average Bonchev–Trinajstić information content (AvgIpc) is 3.28. The predicted molar refractivity (Wildman–Crippen MR) is 115 cm³/mol. The molecule has 2 N–H and O–H groups in total. The number of benzene rings is 2. The molecule has 1 saturated heterocycles. The van der Waals surface area contributed by atoms with Crippen LogP contribution in [0.5, 0.6) is 5.75 Å². The lowest BCUT2D eigenvalue weighted by atomic mass is 9.90. The number of aromatic nitrogens is 2. The second kappa shape index (κ2) is 9.75. The highest BCUT2D eigenvalue weighted by Crippen LogP contribution is 2.36. The molecule has 0 saturated carbocycles. The standard InChI is InChI=1S/C24H26F3N3O2/c25-24(26,27)20-7-2-5-18(13-20)22-14-28-29-23(22)19-6-3-9-30(16-19)15-17-4-1-8-21(12-17)32-11-10-31/h1-2,4-5,7-8,12-14,19,31H,3,6,9-11,15-16H2,(H,28,29). The van der Waals surface area contributed by atoms with Crippen LogP contribution in [0.25, 0.3) is 11.1 Å². The predicted octanol–water partition coefficient (Wildman–Crippen LogP) is 4.85. The van der Waals surface area contributed by atoms with Crippen LogP contribution >= 0.6 is 0 Å². The third-order valence-electron chi connectivity index (χ3n) is 5.75. The van der Waals surface area contributed by atoms with Gasteiger partial charge < -0.3 is 9.84 Å². The first-order valence-corrected chi connectivity index (χ1v) is 10.7. The number of ether oxygens (including phenoxy) is 1. The SMILES string of the molecule is OCCOc1cccc(CN2CCCC(c3[nH]ncc3-c3cccc(C(F)(F)F)c3)C2)c1. The fraction of sp³-hybridized carbons (Fsp3) is 0.375. The van der Waals surface area contributed by atoms with Crippen LogP contribution < -0.4 is 4.74 Å². The summed E-state index contributed by atoms with van der Waals surface area (Å²) in [5.74, 6) is 0.884. The van der Waals surface area contributed by atoms with Crippen molar-refractivity contribution in [2.75, 3.05) is 26.3 Å². The summed E-state index contributed by atoms with van der Waals surface area (Å²) in [5, 5.41) is 16.1. The molecular formula is C24H26F3N3O2. The summed E-state index contributed by atoms with van der Waals surface area (Å²) >= 11 is 0. The number of nitrogens with zero attached hydrogens (tertiary/aromatic N) is 2. The topological polar surface area (TPSA) is 61.4 Å². The second-order valence-electron chi connectivity index (χ2n) is 8.07. The molecule has 1 unspecified atom stereocenters. The van der Waals surface area contributed by atoms with Crippen molar-refractivity contribution in [3.8, 4) is 16.9 Å². The molecular weight excluding hydrogens is 419 g/mol. The molecule has 8 heteroatoms. The number of halogens is 3. The molecule has 0 bridgehead atoms. The van der Waals surface area contributed by atoms with E-state index in [1.54, 1.807) is 12.3 Å². The van der Waals surface area contributed by atoms with E-state index >= 15 is 0 Å². The van der Waals surface area contributed by atoms with E-state index in [0.29, 0.717) is 5.56 Å². The fourth-order valence-electron chi connectivity index (χ4n) is 4.29. The highest BCUT2D eigenvalue weighted by molar-refractivity contribution is 5.66. The van der Waals surface area contributed by atoms with Gasteiger partial charge in [0.1, 0.15) is 12.4 Å². The zero-order valence-corrected chi connectivity index (χ0v) is 17.6. The van der Waals surface area contributed by atoms with E-state index in [1.807, 2.05) is 24.3 Å². The van der Waals surface area contributed by atoms with Gasteiger partial charge in [-0.1, -0.05) is 24.3 Å². The summed E-state index contributed by atoms with van der Waals surface area (Å²) in [4.78, 5) is 2.34. The van der Waals surface area contributed by atoms with E-state index in [2.05, 4.69) is 15.1 Å². The molecule has 1 aliphatic rings. The Morgan fingerprint density at radius 1 is 1.16 bits per heavy atom. The number of rotatable bonds is 7. The Hall–Kier alpha value is -2.84. The smallest absolute Gasteiger partial charge is 0.416 e. The van der Waals surface area contributed by atoms with E-state index in [-0.39, 0.29) is 19.1 Å². The molecule has 0 aliphatic carbocycles. The third-order valence-corrected chi connectivity index (χ3v) is 5.75. The molecule has 170 valence electrons. The summed E-state index contributed by atoms with van der Waals surface area (Å²) in [6.07, 6.45) is -0.820. The van der Waals surface area contributed by atoms with Gasteiger partial charge in [-0.25, -0.2) is 0 Å². The number of aliphatic hydroxyl groups excluding tert-OH is 1. The van der Waals surface area contributed by atoms with Crippen molar-refractivity contribution >= 4 is 0 Å². The van der Waals surface area contributed by atoms with Crippen molar-refractivity contribution in [1.82, 2.24) is 15.1 Å². The minimum Gasteiger partial charge on any atom is -0.491 e. The summed E-state index contributed by atoms with van der Waals surface area (Å²) < 4.78 is 45.0. The van der Waals surface area contributed by atoms with Crippen molar-refractivity contribution in [3.63, 3.8) is 0 Å². The van der Waals surface area contributed by atoms with Gasteiger partial charge in [-0.3, -0.25) is 10.00 Å². The first-order valence-electron chi connectivity index (χ1n) is 10.7. The molecule has 1 aromatic heterocycles. The molecule has 4 rings (SSSR count). The van der Waals surface area contributed by atoms with Crippen LogP contribution in [0.4, 0.5) is 13.2 Å². The van der Waals surface area contributed by atoms with Gasteiger partial charge in [0, 0.05) is 30.3 Å². The molecule has 2 heterocycles. The number of aliphatic hydroxyl groups is 1. The molecule has 32 heavy (non-hydrogen) atoms. The Kier molecular flexibility index (Phi) is 6.81. The molecule has 3 aromatic rings. The zero-order valence-electron chi connectivity index (χ0n) is 17.6. The van der Waals surface area contributed by atoms with E-state index in [4.69, 9.17) is 9.84 Å². The maximum Gasteiger partial charge on any atom is 0.416 e. The van der Waals surface area contributed by atoms with Gasteiger partial charge >= 0.3 is 6.18 Å². The lowest BCUT2D eigenvalue weighted by molar-refractivity contribution is -0.137. The van der Waals surface area contributed by atoms with Crippen molar-refractivity contribution in [3.05, 3.63) is 71.5 Å². The number of hydrogen-bond acceptors (Lipinski definition) is 4. The van der Waals surface area contributed by atoms with E-state index in [1.165, 1.54) is 12.1 Å². The molecule has 0 radical (unpaired) electrons. The number of H-pyrrole nitrogens is 1. The molecule has 1 fully saturated rings. The molecule has 5 nitrogen and oxygen atoms in total. The van der Waals surface area contributed by atoms with Crippen molar-refractivity contribution in [2.45, 2.75) is 31.5 Å². The number of likely N-dealkylation sites (tertiary alicyclic amines) is 1. The van der Waals surface area contributed by atoms with Gasteiger partial charge in [0.2, 0.25) is 0 Å². The zero-order chi connectivity index (χ0) is 22.6. The van der Waals surface area contributed by atoms with Crippen molar-refractivity contribution in [2.24, 2.45) is 0 Å². The Balaban J connectivity index is 1.49. The molecule has 0 amide bonds. The summed E-state index contributed by atoms with van der Waals surface area (Å²) in [5.41, 5.74) is 2.59. The van der Waals surface area contributed by atoms with Gasteiger partial charge in [0.05, 0.1) is 18.4 Å². The number of hydrogen-bond donors (Lipinski definition) is 2. The van der Waals surface area contributed by atoms with Gasteiger partial charge in [-0.05, 0) is 54.8 Å². The summed E-state index contributed by atoms with van der Waals surface area (Å²) in [7, 11) is 0. The first-order chi connectivity index (χ1) is 15.4. The van der Waals surface area contributed by atoms with Crippen molar-refractivity contribution in [1.29, 1.82) is 0 Å². The molecule has 0 spiro atoms. The van der Waals surface area contributed by atoms with E-state index in [9.17, 15) is 13.2 Å². The third kappa shape index (κ3) is 5.31. The van der Waals surface area contributed by atoms with Crippen LogP contribution in [-0.4, -0.2) is 46.5 Å². The van der Waals surface area contributed by atoms with Crippen LogP contribution in [0.1, 0.15) is 35.6 Å². The fourth-order valence-corrected chi connectivity index (χ4v) is 4.29. The van der Waals surface area contributed by atoms with E-state index in [0.717, 1.165) is 61.1 Å². The first kappa shape index (κ1) is 22.4. The van der Waals surface area contributed by atoms with Gasteiger partial charge in [0.25, 0.3) is 0 Å². The van der Waals surface area contributed by atoms with Gasteiger partial charge in [-0.2, -0.15) is 18.3 Å². The normalized spacial score (nSPS) is 17.4. The maximum absolute atomic E-state index is 13.2. The minimum atomic E-state index is -4.38. The lowest BCUT2D eigenvalue weighted by Crippen LogP contribution is -2.34. The van der Waals surface area contributed by atoms with Crippen LogP contribution in [0.2, 0.25) is 0 Å². The number of aromatic amines is 1. The van der Waals surface area contributed by atoms with Crippen molar-refractivity contribution < 1.29 is 23.0 Å². The Morgan fingerprint density at radius 3 is 2.81 bits per heavy atom. The van der Waals surface area contributed by atoms with Gasteiger partial charge in [-0.15, -0.1) is 0 Å². The largest absolute Gasteiger partial charge is 0.491 e. The lowest BCUT2D eigenvalue weighted by Gasteiger charge is -2.32. The maximum atomic E-state index is 13.2.